The lowest BCUT2D eigenvalue weighted by Gasteiger charge is -2.33. The molecule has 0 aliphatic carbocycles. The number of oxime groups is 1. The molecule has 6 heteroatoms. The molecule has 2 rings (SSSR count). The SMILES string of the molecule is CCOC1CCCN(c2cccc(C(N)=NO)n2)C1. The first kappa shape index (κ1) is 13.6. The Labute approximate surface area is 112 Å². The van der Waals surface area contributed by atoms with Crippen LogP contribution < -0.4 is 10.6 Å². The van der Waals surface area contributed by atoms with Crippen molar-refractivity contribution in [3.05, 3.63) is 23.9 Å². The fourth-order valence-corrected chi connectivity index (χ4v) is 2.31. The number of amidine groups is 1. The minimum absolute atomic E-state index is 0.0280. The van der Waals surface area contributed by atoms with Gasteiger partial charge in [0.05, 0.1) is 6.10 Å². The van der Waals surface area contributed by atoms with Crippen LogP contribution in [0.1, 0.15) is 25.5 Å². The van der Waals surface area contributed by atoms with Crippen LogP contribution in [0, 0.1) is 0 Å². The van der Waals surface area contributed by atoms with Crippen LogP contribution in [0.25, 0.3) is 0 Å². The number of nitrogens with zero attached hydrogens (tertiary/aromatic N) is 3. The first-order valence-electron chi connectivity index (χ1n) is 6.56. The molecule has 3 N–H and O–H groups in total. The van der Waals surface area contributed by atoms with Crippen molar-refractivity contribution >= 4 is 11.7 Å². The van der Waals surface area contributed by atoms with Gasteiger partial charge >= 0.3 is 0 Å². The van der Waals surface area contributed by atoms with E-state index in [2.05, 4.69) is 15.0 Å². The van der Waals surface area contributed by atoms with Crippen molar-refractivity contribution in [3.8, 4) is 0 Å². The number of nitrogens with two attached hydrogens (primary N) is 1. The third-order valence-electron chi connectivity index (χ3n) is 3.21. The molecule has 0 saturated carbocycles. The van der Waals surface area contributed by atoms with Gasteiger partial charge in [0.15, 0.2) is 5.84 Å². The highest BCUT2D eigenvalue weighted by molar-refractivity contribution is 5.95. The summed E-state index contributed by atoms with van der Waals surface area (Å²) in [6.07, 6.45) is 2.43. The number of aromatic nitrogens is 1. The van der Waals surface area contributed by atoms with Gasteiger partial charge in [-0.05, 0) is 31.9 Å². The summed E-state index contributed by atoms with van der Waals surface area (Å²) in [5, 5.41) is 11.7. The van der Waals surface area contributed by atoms with Gasteiger partial charge in [-0.3, -0.25) is 0 Å². The van der Waals surface area contributed by atoms with Gasteiger partial charge in [-0.15, -0.1) is 0 Å². The average molecular weight is 264 g/mol. The molecule has 1 aromatic rings. The van der Waals surface area contributed by atoms with E-state index in [1.807, 2.05) is 19.1 Å². The molecule has 6 nitrogen and oxygen atoms in total. The largest absolute Gasteiger partial charge is 0.409 e. The topological polar surface area (TPSA) is 84.0 Å². The predicted octanol–water partition coefficient (Wildman–Crippen LogP) is 1.18. The highest BCUT2D eigenvalue weighted by Gasteiger charge is 2.21. The molecular weight excluding hydrogens is 244 g/mol. The maximum atomic E-state index is 8.69. The number of ether oxygens (including phenoxy) is 1. The summed E-state index contributed by atoms with van der Waals surface area (Å²) < 4.78 is 5.68. The van der Waals surface area contributed by atoms with Crippen molar-refractivity contribution in [2.75, 3.05) is 24.6 Å². The third-order valence-corrected chi connectivity index (χ3v) is 3.21. The van der Waals surface area contributed by atoms with E-state index < -0.39 is 0 Å². The van der Waals surface area contributed by atoms with Gasteiger partial charge in [-0.2, -0.15) is 0 Å². The Balaban J connectivity index is 2.12. The van der Waals surface area contributed by atoms with Crippen LogP contribution in [0.2, 0.25) is 0 Å². The minimum atomic E-state index is 0.0280. The van der Waals surface area contributed by atoms with Crippen LogP contribution in [0.3, 0.4) is 0 Å². The average Bonchev–Trinajstić information content (AvgIpc) is 2.47. The van der Waals surface area contributed by atoms with E-state index in [-0.39, 0.29) is 11.9 Å². The van der Waals surface area contributed by atoms with Gasteiger partial charge in [0.25, 0.3) is 0 Å². The quantitative estimate of drug-likeness (QED) is 0.369. The summed E-state index contributed by atoms with van der Waals surface area (Å²) in [6.45, 7) is 4.53. The van der Waals surface area contributed by atoms with Crippen molar-refractivity contribution in [1.29, 1.82) is 0 Å². The highest BCUT2D eigenvalue weighted by Crippen LogP contribution is 2.19. The molecule has 1 unspecified atom stereocenters. The maximum absolute atomic E-state index is 8.69. The van der Waals surface area contributed by atoms with Gasteiger partial charge < -0.3 is 20.6 Å². The Morgan fingerprint density at radius 3 is 3.21 bits per heavy atom. The maximum Gasteiger partial charge on any atom is 0.188 e. The van der Waals surface area contributed by atoms with E-state index in [1.165, 1.54) is 0 Å². The first-order chi connectivity index (χ1) is 9.24. The molecule has 1 aliphatic rings. The molecule has 1 aliphatic heterocycles. The van der Waals surface area contributed by atoms with E-state index >= 15 is 0 Å². The molecular formula is C13H20N4O2. The summed E-state index contributed by atoms with van der Waals surface area (Å²) >= 11 is 0. The Bertz CT molecular complexity index is 448. The molecule has 0 aromatic carbocycles. The molecule has 0 radical (unpaired) electrons. The molecule has 1 saturated heterocycles. The van der Waals surface area contributed by atoms with Crippen molar-refractivity contribution in [2.24, 2.45) is 10.9 Å². The second-order valence-electron chi connectivity index (χ2n) is 4.53. The number of piperidine rings is 1. The minimum Gasteiger partial charge on any atom is -0.409 e. The van der Waals surface area contributed by atoms with Crippen LogP contribution in [-0.2, 0) is 4.74 Å². The zero-order valence-corrected chi connectivity index (χ0v) is 11.1. The lowest BCUT2D eigenvalue weighted by Crippen LogP contribution is -2.40. The summed E-state index contributed by atoms with van der Waals surface area (Å²) in [5.74, 6) is 0.869. The molecule has 0 spiro atoms. The highest BCUT2D eigenvalue weighted by atomic mass is 16.5. The number of rotatable bonds is 4. The smallest absolute Gasteiger partial charge is 0.188 e. The Kier molecular flexibility index (Phi) is 4.57. The van der Waals surface area contributed by atoms with E-state index in [4.69, 9.17) is 15.7 Å². The Morgan fingerprint density at radius 1 is 1.63 bits per heavy atom. The van der Waals surface area contributed by atoms with E-state index in [9.17, 15) is 0 Å². The monoisotopic (exact) mass is 264 g/mol. The molecule has 0 amide bonds. The molecule has 104 valence electrons. The second kappa shape index (κ2) is 6.38. The zero-order valence-electron chi connectivity index (χ0n) is 11.1. The molecule has 1 aromatic heterocycles. The van der Waals surface area contributed by atoms with Crippen LogP contribution in [0.4, 0.5) is 5.82 Å². The van der Waals surface area contributed by atoms with Crippen molar-refractivity contribution in [1.82, 2.24) is 4.98 Å². The summed E-state index contributed by atoms with van der Waals surface area (Å²) in [4.78, 5) is 6.59. The number of hydrogen-bond acceptors (Lipinski definition) is 5. The number of hydrogen-bond donors (Lipinski definition) is 2. The van der Waals surface area contributed by atoms with E-state index in [0.29, 0.717) is 5.69 Å². The second-order valence-corrected chi connectivity index (χ2v) is 4.53. The van der Waals surface area contributed by atoms with Crippen LogP contribution >= 0.6 is 0 Å². The molecule has 2 heterocycles. The van der Waals surface area contributed by atoms with Gasteiger partial charge in [0, 0.05) is 19.7 Å². The fourth-order valence-electron chi connectivity index (χ4n) is 2.31. The number of pyridine rings is 1. The molecule has 0 bridgehead atoms. The van der Waals surface area contributed by atoms with Crippen LogP contribution in [0.5, 0.6) is 0 Å². The zero-order chi connectivity index (χ0) is 13.7. The van der Waals surface area contributed by atoms with Gasteiger partial charge in [0.2, 0.25) is 0 Å². The Morgan fingerprint density at radius 2 is 2.47 bits per heavy atom. The Hall–Kier alpha value is -1.82. The normalized spacial score (nSPS) is 20.6. The van der Waals surface area contributed by atoms with Crippen LogP contribution in [0.15, 0.2) is 23.4 Å². The standard InChI is InChI=1S/C13H20N4O2/c1-2-19-10-5-4-8-17(9-10)12-7-3-6-11(15-12)13(14)16-18/h3,6-7,10,18H,2,4-5,8-9H2,1H3,(H2,14,16). The van der Waals surface area contributed by atoms with E-state index in [1.54, 1.807) is 6.07 Å². The molecule has 19 heavy (non-hydrogen) atoms. The lowest BCUT2D eigenvalue weighted by molar-refractivity contribution is 0.0525. The number of anilines is 1. The summed E-state index contributed by atoms with van der Waals surface area (Å²) in [6, 6.07) is 5.52. The predicted molar refractivity (Wildman–Crippen MR) is 73.6 cm³/mol. The van der Waals surface area contributed by atoms with Gasteiger partial charge in [-0.25, -0.2) is 4.98 Å². The molecule has 1 atom stereocenters. The summed E-state index contributed by atoms with van der Waals surface area (Å²) in [5.41, 5.74) is 6.05. The van der Waals surface area contributed by atoms with E-state index in [0.717, 1.165) is 38.4 Å². The molecule has 1 fully saturated rings. The van der Waals surface area contributed by atoms with Crippen molar-refractivity contribution in [2.45, 2.75) is 25.9 Å². The van der Waals surface area contributed by atoms with Crippen molar-refractivity contribution in [3.63, 3.8) is 0 Å². The van der Waals surface area contributed by atoms with Crippen molar-refractivity contribution < 1.29 is 9.94 Å². The van der Waals surface area contributed by atoms with Gasteiger partial charge in [-0.1, -0.05) is 11.2 Å². The van der Waals surface area contributed by atoms with Gasteiger partial charge in [0.1, 0.15) is 11.5 Å². The van der Waals surface area contributed by atoms with Crippen LogP contribution in [-0.4, -0.2) is 41.8 Å². The third kappa shape index (κ3) is 3.35. The first-order valence-corrected chi connectivity index (χ1v) is 6.56. The lowest BCUT2D eigenvalue weighted by atomic mass is 10.1. The fraction of sp³-hybridized carbons (Fsp3) is 0.538. The summed E-state index contributed by atoms with van der Waals surface area (Å²) in [7, 11) is 0.